The Balaban J connectivity index is 1.53. The lowest BCUT2D eigenvalue weighted by molar-refractivity contribution is 0.0695. The Bertz CT molecular complexity index is 1640. The summed E-state index contributed by atoms with van der Waals surface area (Å²) >= 11 is 6.01. The van der Waals surface area contributed by atoms with Gasteiger partial charge in [-0.15, -0.1) is 0 Å². The van der Waals surface area contributed by atoms with Crippen molar-refractivity contribution in [1.82, 2.24) is 4.98 Å². The molecule has 1 aliphatic carbocycles. The van der Waals surface area contributed by atoms with Gasteiger partial charge in [-0.2, -0.15) is 0 Å². The van der Waals surface area contributed by atoms with Crippen LogP contribution in [-0.2, 0) is 17.7 Å². The molecule has 40 heavy (non-hydrogen) atoms. The van der Waals surface area contributed by atoms with Crippen LogP contribution in [-0.4, -0.2) is 42.3 Å². The molecule has 0 atom stereocenters. The number of aromatic nitrogens is 1. The number of methoxy groups -OCH3 is 1. The summed E-state index contributed by atoms with van der Waals surface area (Å²) in [7, 11) is 1.63. The number of carbonyl (C=O) groups is 2. The van der Waals surface area contributed by atoms with Crippen LogP contribution in [0.4, 0.5) is 5.69 Å². The normalized spacial score (nSPS) is 11.6. The summed E-state index contributed by atoms with van der Waals surface area (Å²) in [6, 6.07) is 16.6. The van der Waals surface area contributed by atoms with E-state index in [0.717, 1.165) is 50.4 Å². The van der Waals surface area contributed by atoms with Crippen molar-refractivity contribution in [1.29, 1.82) is 0 Å². The van der Waals surface area contributed by atoms with Gasteiger partial charge in [0.2, 0.25) is 0 Å². The second-order valence-electron chi connectivity index (χ2n) is 9.51. The number of nitrogens with zero attached hydrogens (tertiary/aromatic N) is 1. The molecule has 8 nitrogen and oxygen atoms in total. The Kier molecular flexibility index (Phi) is 7.73. The predicted octanol–water partition coefficient (Wildman–Crippen LogP) is 5.72. The first-order valence-corrected chi connectivity index (χ1v) is 13.1. The molecule has 3 aromatic carbocycles. The zero-order chi connectivity index (χ0) is 28.4. The molecule has 204 valence electrons. The minimum Gasteiger partial charge on any atom is -0.491 e. The summed E-state index contributed by atoms with van der Waals surface area (Å²) in [4.78, 5) is 28.5. The average molecular weight is 558 g/mol. The molecule has 1 heterocycles. The van der Waals surface area contributed by atoms with Crippen LogP contribution in [0.25, 0.3) is 22.3 Å². The number of carbonyl (C=O) groups excluding carboxylic acids is 1. The van der Waals surface area contributed by atoms with Gasteiger partial charge in [-0.1, -0.05) is 35.9 Å². The van der Waals surface area contributed by atoms with E-state index in [9.17, 15) is 14.7 Å². The number of primary amides is 1. The van der Waals surface area contributed by atoms with Crippen LogP contribution in [0, 0.1) is 6.92 Å². The van der Waals surface area contributed by atoms with Crippen LogP contribution < -0.4 is 15.8 Å². The largest absolute Gasteiger partial charge is 0.491 e. The highest BCUT2D eigenvalue weighted by Crippen LogP contribution is 2.46. The Hall–Kier alpha value is -4.40. The fourth-order valence-electron chi connectivity index (χ4n) is 5.14. The lowest BCUT2D eigenvalue weighted by Gasteiger charge is -2.17. The van der Waals surface area contributed by atoms with Gasteiger partial charge in [-0.05, 0) is 76.2 Å². The molecule has 0 bridgehead atoms. The quantitative estimate of drug-likeness (QED) is 0.188. The van der Waals surface area contributed by atoms with Crippen LogP contribution in [0.1, 0.15) is 43.1 Å². The molecule has 1 aliphatic rings. The SMILES string of the molecule is COCCOc1ccc2c(c1)Cc1c(C(N)=O)ncc(-c3cccc(NCc4ccc(Cl)cc4C(=O)O)c3C)c1-2. The number of rotatable bonds is 10. The number of ether oxygens (including phenoxy) is 2. The molecular formula is C31H28ClN3O5. The number of anilines is 1. The number of aromatic carboxylic acids is 1. The second-order valence-corrected chi connectivity index (χ2v) is 9.95. The lowest BCUT2D eigenvalue weighted by atomic mass is 9.92. The number of hydrogen-bond acceptors (Lipinski definition) is 6. The molecule has 4 aromatic rings. The molecule has 0 saturated carbocycles. The summed E-state index contributed by atoms with van der Waals surface area (Å²) in [5, 5.41) is 13.3. The minimum atomic E-state index is -1.04. The maximum absolute atomic E-state index is 12.3. The van der Waals surface area contributed by atoms with E-state index >= 15 is 0 Å². The van der Waals surface area contributed by atoms with E-state index in [0.29, 0.717) is 36.8 Å². The highest BCUT2D eigenvalue weighted by atomic mass is 35.5. The molecule has 0 aliphatic heterocycles. The van der Waals surface area contributed by atoms with Gasteiger partial charge in [-0.3, -0.25) is 9.78 Å². The molecule has 0 saturated heterocycles. The van der Waals surface area contributed by atoms with Gasteiger partial charge >= 0.3 is 5.97 Å². The third kappa shape index (κ3) is 5.23. The molecule has 0 unspecified atom stereocenters. The van der Waals surface area contributed by atoms with Crippen molar-refractivity contribution in [3.05, 3.63) is 99.3 Å². The van der Waals surface area contributed by atoms with Crippen molar-refractivity contribution >= 4 is 29.2 Å². The van der Waals surface area contributed by atoms with Crippen molar-refractivity contribution in [3.63, 3.8) is 0 Å². The van der Waals surface area contributed by atoms with Gasteiger partial charge in [0.05, 0.1) is 12.2 Å². The fraction of sp³-hybridized carbons (Fsp3) is 0.194. The molecule has 0 radical (unpaired) electrons. The Morgan fingerprint density at radius 2 is 1.90 bits per heavy atom. The van der Waals surface area contributed by atoms with Crippen LogP contribution in [0.15, 0.2) is 60.8 Å². The van der Waals surface area contributed by atoms with E-state index in [-0.39, 0.29) is 11.3 Å². The number of nitrogens with two attached hydrogens (primary N) is 1. The number of hydrogen-bond donors (Lipinski definition) is 3. The maximum atomic E-state index is 12.3. The van der Waals surface area contributed by atoms with Gasteiger partial charge in [-0.25, -0.2) is 4.79 Å². The molecule has 1 amide bonds. The fourth-order valence-corrected chi connectivity index (χ4v) is 5.32. The van der Waals surface area contributed by atoms with E-state index < -0.39 is 11.9 Å². The zero-order valence-electron chi connectivity index (χ0n) is 22.1. The Morgan fingerprint density at radius 1 is 1.07 bits per heavy atom. The van der Waals surface area contributed by atoms with E-state index in [2.05, 4.69) is 10.3 Å². The summed E-state index contributed by atoms with van der Waals surface area (Å²) in [6.45, 7) is 3.21. The van der Waals surface area contributed by atoms with Crippen molar-refractivity contribution in [3.8, 4) is 28.0 Å². The molecule has 5 rings (SSSR count). The van der Waals surface area contributed by atoms with Crippen LogP contribution >= 0.6 is 11.6 Å². The van der Waals surface area contributed by atoms with Crippen LogP contribution in [0.5, 0.6) is 5.75 Å². The summed E-state index contributed by atoms with van der Waals surface area (Å²) in [5.74, 6) is -0.882. The average Bonchev–Trinajstić information content (AvgIpc) is 3.31. The number of carboxylic acids is 1. The second kappa shape index (κ2) is 11.4. The number of carboxylic acid groups (broad SMARTS) is 1. The first-order valence-electron chi connectivity index (χ1n) is 12.7. The van der Waals surface area contributed by atoms with E-state index in [4.69, 9.17) is 26.8 Å². The molecule has 4 N–H and O–H groups in total. The predicted molar refractivity (Wildman–Crippen MR) is 154 cm³/mol. The number of pyridine rings is 1. The zero-order valence-corrected chi connectivity index (χ0v) is 22.8. The number of amides is 1. The smallest absolute Gasteiger partial charge is 0.336 e. The van der Waals surface area contributed by atoms with Crippen LogP contribution in [0.3, 0.4) is 0 Å². The summed E-state index contributed by atoms with van der Waals surface area (Å²) < 4.78 is 10.9. The van der Waals surface area contributed by atoms with E-state index in [1.54, 1.807) is 25.4 Å². The summed E-state index contributed by atoms with van der Waals surface area (Å²) in [5.41, 5.74) is 14.1. The number of fused-ring (bicyclic) bond motifs is 3. The molecule has 9 heteroatoms. The standard InChI is InChI=1S/C31H28ClN3O5/c1-17-22(4-3-5-27(17)34-15-18-6-7-20(32)14-24(18)31(37)38)26-16-35-29(30(33)36)25-13-19-12-21(40-11-10-39-2)8-9-23(19)28(25)26/h3-9,12,14,16,34H,10-11,13,15H2,1-2H3,(H2,33,36)(H,37,38). The molecule has 0 spiro atoms. The van der Waals surface area contributed by atoms with Gasteiger partial charge < -0.3 is 25.6 Å². The molecular weight excluding hydrogens is 530 g/mol. The monoisotopic (exact) mass is 557 g/mol. The van der Waals surface area contributed by atoms with Gasteiger partial charge in [0.15, 0.2) is 0 Å². The third-order valence-electron chi connectivity index (χ3n) is 7.08. The van der Waals surface area contributed by atoms with Crippen molar-refractivity contribution in [2.45, 2.75) is 19.9 Å². The van der Waals surface area contributed by atoms with E-state index in [1.165, 1.54) is 6.07 Å². The highest BCUT2D eigenvalue weighted by Gasteiger charge is 2.28. The topological polar surface area (TPSA) is 124 Å². The first-order chi connectivity index (χ1) is 19.3. The van der Waals surface area contributed by atoms with Crippen LogP contribution in [0.2, 0.25) is 5.02 Å². The highest BCUT2D eigenvalue weighted by molar-refractivity contribution is 6.31. The van der Waals surface area contributed by atoms with Crippen molar-refractivity contribution in [2.75, 3.05) is 25.6 Å². The first kappa shape index (κ1) is 27.2. The lowest BCUT2D eigenvalue weighted by Crippen LogP contribution is -2.16. The van der Waals surface area contributed by atoms with Crippen molar-refractivity contribution < 1.29 is 24.2 Å². The molecule has 0 fully saturated rings. The third-order valence-corrected chi connectivity index (χ3v) is 7.31. The minimum absolute atomic E-state index is 0.153. The van der Waals surface area contributed by atoms with Gasteiger partial charge in [0.1, 0.15) is 18.1 Å². The maximum Gasteiger partial charge on any atom is 0.336 e. The number of nitrogens with one attached hydrogen (secondary N) is 1. The van der Waals surface area contributed by atoms with Crippen molar-refractivity contribution in [2.24, 2.45) is 5.73 Å². The van der Waals surface area contributed by atoms with E-state index in [1.807, 2.05) is 43.3 Å². The number of benzene rings is 3. The Labute approximate surface area is 236 Å². The van der Waals surface area contributed by atoms with Gasteiger partial charge in [0.25, 0.3) is 5.91 Å². The van der Waals surface area contributed by atoms with Gasteiger partial charge in [0, 0.05) is 42.5 Å². The summed E-state index contributed by atoms with van der Waals surface area (Å²) in [6.07, 6.45) is 2.21. The Morgan fingerprint density at radius 3 is 2.65 bits per heavy atom. The number of halogens is 1. The molecule has 1 aromatic heterocycles.